The van der Waals surface area contributed by atoms with Crippen LogP contribution in [0.3, 0.4) is 0 Å². The molecule has 1 aromatic carbocycles. The first-order chi connectivity index (χ1) is 14.2. The van der Waals surface area contributed by atoms with E-state index in [0.717, 1.165) is 49.8 Å². The van der Waals surface area contributed by atoms with E-state index < -0.39 is 0 Å². The first kappa shape index (κ1) is 21.0. The van der Waals surface area contributed by atoms with Gasteiger partial charge in [0.15, 0.2) is 5.96 Å². The van der Waals surface area contributed by atoms with Crippen LogP contribution in [0.15, 0.2) is 53.7 Å². The Morgan fingerprint density at radius 3 is 2.69 bits per heavy atom. The summed E-state index contributed by atoms with van der Waals surface area (Å²) in [4.78, 5) is 10.9. The van der Waals surface area contributed by atoms with Gasteiger partial charge in [0.2, 0.25) is 0 Å². The van der Waals surface area contributed by atoms with Gasteiger partial charge in [0.25, 0.3) is 0 Å². The Hall–Kier alpha value is -2.67. The predicted molar refractivity (Wildman–Crippen MR) is 115 cm³/mol. The number of aromatic nitrogens is 1. The van der Waals surface area contributed by atoms with Crippen molar-refractivity contribution in [2.75, 3.05) is 38.5 Å². The van der Waals surface area contributed by atoms with Crippen molar-refractivity contribution in [3.8, 4) is 0 Å². The molecule has 1 fully saturated rings. The normalized spacial score (nSPS) is 19.8. The molecule has 1 aliphatic heterocycles. The Morgan fingerprint density at radius 2 is 1.97 bits per heavy atom. The first-order valence-electron chi connectivity index (χ1n) is 10.2. The van der Waals surface area contributed by atoms with Crippen molar-refractivity contribution in [2.45, 2.75) is 32.0 Å². The zero-order valence-corrected chi connectivity index (χ0v) is 17.1. The number of hydrogen-bond donors (Lipinski definition) is 2. The quantitative estimate of drug-likeness (QED) is 0.424. The van der Waals surface area contributed by atoms with Crippen molar-refractivity contribution in [3.63, 3.8) is 0 Å². The topological polar surface area (TPSA) is 61.8 Å². The number of nitrogens with zero attached hydrogens (tertiary/aromatic N) is 3. The minimum atomic E-state index is -0.232. The smallest absolute Gasteiger partial charge is 0.193 e. The highest BCUT2D eigenvalue weighted by Gasteiger charge is 2.28. The predicted octanol–water partition coefficient (Wildman–Crippen LogP) is 3.45. The number of nitrogens with one attached hydrogen (secondary N) is 2. The molecule has 0 radical (unpaired) electrons. The van der Waals surface area contributed by atoms with Crippen LogP contribution in [-0.4, -0.2) is 55.2 Å². The van der Waals surface area contributed by atoms with Crippen LogP contribution >= 0.6 is 0 Å². The number of rotatable bonds is 7. The molecule has 2 aromatic rings. The second-order valence-corrected chi connectivity index (χ2v) is 7.21. The molecule has 29 heavy (non-hydrogen) atoms. The van der Waals surface area contributed by atoms with E-state index in [1.165, 1.54) is 12.1 Å². The number of pyridine rings is 1. The number of aliphatic imine (C=N–C) groups is 1. The summed E-state index contributed by atoms with van der Waals surface area (Å²) in [5.74, 6) is 1.56. The highest BCUT2D eigenvalue weighted by Crippen LogP contribution is 2.25. The molecule has 2 atom stereocenters. The second kappa shape index (κ2) is 10.8. The van der Waals surface area contributed by atoms with Gasteiger partial charge < -0.3 is 20.3 Å². The number of benzene rings is 1. The van der Waals surface area contributed by atoms with E-state index in [9.17, 15) is 4.39 Å². The average Bonchev–Trinajstić information content (AvgIpc) is 2.74. The van der Waals surface area contributed by atoms with Gasteiger partial charge >= 0.3 is 0 Å². The second-order valence-electron chi connectivity index (χ2n) is 7.21. The monoisotopic (exact) mass is 399 g/mol. The molecule has 0 spiro atoms. The largest absolute Gasteiger partial charge is 0.370 e. The molecular formula is C22H30FN5O. The number of hydrogen-bond acceptors (Lipinski definition) is 4. The SMILES string of the molecule is CN=C(NCCCCNc1ccccn1)N1CC(C)OC(c2ccc(F)cc2)C1. The molecule has 156 valence electrons. The number of unbranched alkanes of at least 4 members (excludes halogenated alkanes) is 1. The Bertz CT molecular complexity index is 769. The maximum atomic E-state index is 13.2. The Kier molecular flexibility index (Phi) is 7.81. The minimum absolute atomic E-state index is 0.0694. The summed E-state index contributed by atoms with van der Waals surface area (Å²) in [5, 5.41) is 6.78. The molecule has 1 aromatic heterocycles. The highest BCUT2D eigenvalue weighted by molar-refractivity contribution is 5.80. The van der Waals surface area contributed by atoms with Crippen molar-refractivity contribution in [1.82, 2.24) is 15.2 Å². The van der Waals surface area contributed by atoms with Crippen molar-refractivity contribution in [1.29, 1.82) is 0 Å². The lowest BCUT2D eigenvalue weighted by atomic mass is 10.1. The van der Waals surface area contributed by atoms with Gasteiger partial charge in [-0.1, -0.05) is 18.2 Å². The third-order valence-electron chi connectivity index (χ3n) is 4.87. The summed E-state index contributed by atoms with van der Waals surface area (Å²) >= 11 is 0. The summed E-state index contributed by atoms with van der Waals surface area (Å²) < 4.78 is 19.3. The summed E-state index contributed by atoms with van der Waals surface area (Å²) in [6, 6.07) is 12.4. The van der Waals surface area contributed by atoms with E-state index in [0.29, 0.717) is 6.54 Å². The van der Waals surface area contributed by atoms with Gasteiger partial charge in [-0.3, -0.25) is 4.99 Å². The van der Waals surface area contributed by atoms with Gasteiger partial charge in [-0.2, -0.15) is 0 Å². The lowest BCUT2D eigenvalue weighted by Crippen LogP contribution is -2.50. The Balaban J connectivity index is 1.44. The third-order valence-corrected chi connectivity index (χ3v) is 4.87. The van der Waals surface area contributed by atoms with E-state index in [1.807, 2.05) is 18.2 Å². The van der Waals surface area contributed by atoms with Crippen LogP contribution in [0.2, 0.25) is 0 Å². The van der Waals surface area contributed by atoms with E-state index in [1.54, 1.807) is 25.4 Å². The zero-order valence-electron chi connectivity index (χ0n) is 17.1. The van der Waals surface area contributed by atoms with Gasteiger partial charge in [0, 0.05) is 32.9 Å². The average molecular weight is 400 g/mol. The fourth-order valence-electron chi connectivity index (χ4n) is 3.45. The molecule has 0 amide bonds. The molecule has 0 saturated carbocycles. The fourth-order valence-corrected chi connectivity index (χ4v) is 3.45. The molecular weight excluding hydrogens is 369 g/mol. The Labute approximate surface area is 172 Å². The van der Waals surface area contributed by atoms with Gasteiger partial charge in [-0.25, -0.2) is 9.37 Å². The van der Waals surface area contributed by atoms with Crippen molar-refractivity contribution >= 4 is 11.8 Å². The van der Waals surface area contributed by atoms with Crippen LogP contribution in [0.25, 0.3) is 0 Å². The third kappa shape index (κ3) is 6.42. The minimum Gasteiger partial charge on any atom is -0.370 e. The standard InChI is InChI=1S/C22H30FN5O/c1-17-15-28(16-20(29-17)18-8-10-19(23)11-9-18)22(24-2)27-14-6-5-13-26-21-7-3-4-12-25-21/h3-4,7-12,17,20H,5-6,13-16H2,1-2H3,(H,24,27)(H,25,26). The maximum Gasteiger partial charge on any atom is 0.193 e. The molecule has 0 bridgehead atoms. The first-order valence-corrected chi connectivity index (χ1v) is 10.2. The van der Waals surface area contributed by atoms with E-state index in [2.05, 4.69) is 32.4 Å². The number of guanidine groups is 1. The van der Waals surface area contributed by atoms with Crippen LogP contribution in [0, 0.1) is 5.82 Å². The molecule has 0 aliphatic carbocycles. The van der Waals surface area contributed by atoms with Crippen LogP contribution in [-0.2, 0) is 4.74 Å². The Morgan fingerprint density at radius 1 is 1.17 bits per heavy atom. The molecule has 1 saturated heterocycles. The zero-order chi connectivity index (χ0) is 20.5. The number of ether oxygens (including phenoxy) is 1. The molecule has 2 unspecified atom stereocenters. The fraction of sp³-hybridized carbons (Fsp3) is 0.455. The van der Waals surface area contributed by atoms with E-state index in [-0.39, 0.29) is 18.0 Å². The van der Waals surface area contributed by atoms with Crippen molar-refractivity contribution in [2.24, 2.45) is 4.99 Å². The van der Waals surface area contributed by atoms with Gasteiger partial charge in [0.05, 0.1) is 12.6 Å². The van der Waals surface area contributed by atoms with Crippen LogP contribution < -0.4 is 10.6 Å². The number of halogens is 1. The molecule has 2 N–H and O–H groups in total. The van der Waals surface area contributed by atoms with Crippen molar-refractivity contribution < 1.29 is 9.13 Å². The lowest BCUT2D eigenvalue weighted by Gasteiger charge is -2.38. The van der Waals surface area contributed by atoms with E-state index in [4.69, 9.17) is 4.74 Å². The molecule has 7 heteroatoms. The number of morpholine rings is 1. The molecule has 3 rings (SSSR count). The van der Waals surface area contributed by atoms with Gasteiger partial charge in [-0.15, -0.1) is 0 Å². The van der Waals surface area contributed by atoms with Crippen LogP contribution in [0.4, 0.5) is 10.2 Å². The molecule has 6 nitrogen and oxygen atoms in total. The number of anilines is 1. The summed E-state index contributed by atoms with van der Waals surface area (Å²) in [6.45, 7) is 5.26. The molecule has 2 heterocycles. The van der Waals surface area contributed by atoms with Gasteiger partial charge in [0.1, 0.15) is 17.7 Å². The molecule has 1 aliphatic rings. The van der Waals surface area contributed by atoms with Crippen molar-refractivity contribution in [3.05, 3.63) is 60.0 Å². The summed E-state index contributed by atoms with van der Waals surface area (Å²) in [6.07, 6.45) is 3.83. The lowest BCUT2D eigenvalue weighted by molar-refractivity contribution is -0.0605. The summed E-state index contributed by atoms with van der Waals surface area (Å²) in [7, 11) is 1.80. The summed E-state index contributed by atoms with van der Waals surface area (Å²) in [5.41, 5.74) is 0.985. The maximum absolute atomic E-state index is 13.2. The highest BCUT2D eigenvalue weighted by atomic mass is 19.1. The van der Waals surface area contributed by atoms with E-state index >= 15 is 0 Å². The van der Waals surface area contributed by atoms with Gasteiger partial charge in [-0.05, 0) is 49.6 Å². The van der Waals surface area contributed by atoms with Crippen LogP contribution in [0.5, 0.6) is 0 Å². The van der Waals surface area contributed by atoms with Crippen LogP contribution in [0.1, 0.15) is 31.4 Å².